The van der Waals surface area contributed by atoms with E-state index < -0.39 is 0 Å². The lowest BCUT2D eigenvalue weighted by Gasteiger charge is -2.18. The summed E-state index contributed by atoms with van der Waals surface area (Å²) >= 11 is 12.1. The summed E-state index contributed by atoms with van der Waals surface area (Å²) in [5.41, 5.74) is 5.03. The van der Waals surface area contributed by atoms with Gasteiger partial charge in [-0.2, -0.15) is 5.10 Å². The summed E-state index contributed by atoms with van der Waals surface area (Å²) in [7, 11) is 0. The first-order chi connectivity index (χ1) is 15.6. The Hall–Kier alpha value is -3.22. The van der Waals surface area contributed by atoms with Crippen LogP contribution in [0.3, 0.4) is 0 Å². The molecule has 32 heavy (non-hydrogen) atoms. The maximum atomic E-state index is 12.2. The minimum atomic E-state index is -0.224. The van der Waals surface area contributed by atoms with Crippen molar-refractivity contribution in [3.8, 4) is 17.2 Å². The number of rotatable bonds is 7. The highest BCUT2D eigenvalue weighted by atomic mass is 35.5. The van der Waals surface area contributed by atoms with E-state index in [1.807, 2.05) is 48.5 Å². The van der Waals surface area contributed by atoms with E-state index in [0.29, 0.717) is 47.1 Å². The van der Waals surface area contributed by atoms with E-state index in [4.69, 9.17) is 37.4 Å². The number of benzene rings is 3. The lowest BCUT2D eigenvalue weighted by Crippen LogP contribution is -2.20. The van der Waals surface area contributed by atoms with Crippen LogP contribution in [0.15, 0.2) is 65.8 Å². The van der Waals surface area contributed by atoms with Crippen LogP contribution in [-0.2, 0) is 17.8 Å². The second-order valence-electron chi connectivity index (χ2n) is 7.04. The van der Waals surface area contributed by atoms with E-state index in [2.05, 4.69) is 10.5 Å². The number of halogens is 2. The van der Waals surface area contributed by atoms with Gasteiger partial charge in [0, 0.05) is 15.6 Å². The third-order valence-corrected chi connectivity index (χ3v) is 5.25. The number of hydrogen-bond donors (Lipinski definition) is 1. The van der Waals surface area contributed by atoms with Crippen LogP contribution in [0, 0.1) is 0 Å². The summed E-state index contributed by atoms with van der Waals surface area (Å²) in [6, 6.07) is 18.1. The monoisotopic (exact) mass is 470 g/mol. The Labute approximate surface area is 195 Å². The molecule has 0 fully saturated rings. The van der Waals surface area contributed by atoms with Crippen molar-refractivity contribution in [2.75, 3.05) is 13.2 Å². The number of ether oxygens (including phenoxy) is 3. The molecule has 3 aromatic rings. The van der Waals surface area contributed by atoms with Gasteiger partial charge in [0.2, 0.25) is 5.91 Å². The number of nitrogens with zero attached hydrogens (tertiary/aromatic N) is 1. The first kappa shape index (κ1) is 22.0. The third-order valence-electron chi connectivity index (χ3n) is 4.66. The number of carbonyl (C=O) groups excluding carboxylic acids is 1. The second-order valence-corrected chi connectivity index (χ2v) is 7.89. The van der Waals surface area contributed by atoms with Gasteiger partial charge >= 0.3 is 0 Å². The van der Waals surface area contributed by atoms with Gasteiger partial charge in [0.1, 0.15) is 25.6 Å². The van der Waals surface area contributed by atoms with Gasteiger partial charge in [-0.25, -0.2) is 5.43 Å². The Morgan fingerprint density at radius 2 is 1.78 bits per heavy atom. The molecule has 4 rings (SSSR count). The number of hydrogen-bond acceptors (Lipinski definition) is 5. The fourth-order valence-corrected chi connectivity index (χ4v) is 3.51. The SMILES string of the molecule is O=C(Cc1ccc2c(c1)OCCO2)N/N=C/c1ccc(OCc2ccc(Cl)cc2Cl)cc1. The molecule has 1 aliphatic heterocycles. The number of hydrazone groups is 1. The summed E-state index contributed by atoms with van der Waals surface area (Å²) < 4.78 is 16.8. The van der Waals surface area contributed by atoms with Gasteiger partial charge < -0.3 is 14.2 Å². The lowest BCUT2D eigenvalue weighted by atomic mass is 10.1. The van der Waals surface area contributed by atoms with E-state index in [9.17, 15) is 4.79 Å². The fraction of sp³-hybridized carbons (Fsp3) is 0.167. The van der Waals surface area contributed by atoms with Crippen LogP contribution in [0.5, 0.6) is 17.2 Å². The zero-order valence-corrected chi connectivity index (χ0v) is 18.5. The largest absolute Gasteiger partial charge is 0.489 e. The molecule has 0 bridgehead atoms. The molecule has 0 aromatic heterocycles. The standard InChI is InChI=1S/C24H20Cl2N2O4/c25-19-5-4-18(21(26)13-19)15-32-20-6-1-16(2-7-20)14-27-28-24(29)12-17-3-8-22-23(11-17)31-10-9-30-22/h1-8,11,13-14H,9-10,12,15H2,(H,28,29)/b27-14+. The van der Waals surface area contributed by atoms with Crippen LogP contribution in [0.1, 0.15) is 16.7 Å². The Bertz CT molecular complexity index is 1130. The van der Waals surface area contributed by atoms with Crippen LogP contribution in [0.4, 0.5) is 0 Å². The number of carbonyl (C=O) groups is 1. The van der Waals surface area contributed by atoms with Crippen molar-refractivity contribution in [1.82, 2.24) is 5.43 Å². The first-order valence-corrected chi connectivity index (χ1v) is 10.7. The molecular formula is C24H20Cl2N2O4. The molecule has 0 saturated carbocycles. The van der Waals surface area contributed by atoms with Crippen molar-refractivity contribution in [2.45, 2.75) is 13.0 Å². The quantitative estimate of drug-likeness (QED) is 0.388. The summed E-state index contributed by atoms with van der Waals surface area (Å²) in [4.78, 5) is 12.2. The molecule has 1 N–H and O–H groups in total. The normalized spacial score (nSPS) is 12.6. The maximum Gasteiger partial charge on any atom is 0.244 e. The Morgan fingerprint density at radius 3 is 2.56 bits per heavy atom. The topological polar surface area (TPSA) is 69.2 Å². The molecule has 0 radical (unpaired) electrons. The van der Waals surface area contributed by atoms with Crippen LogP contribution in [0.25, 0.3) is 0 Å². The van der Waals surface area contributed by atoms with Crippen LogP contribution < -0.4 is 19.6 Å². The number of nitrogens with one attached hydrogen (secondary N) is 1. The Kier molecular flexibility index (Phi) is 7.14. The molecule has 0 unspecified atom stereocenters. The number of amides is 1. The van der Waals surface area contributed by atoms with Crippen molar-refractivity contribution in [3.63, 3.8) is 0 Å². The molecule has 0 aliphatic carbocycles. The van der Waals surface area contributed by atoms with Gasteiger partial charge in [-0.15, -0.1) is 0 Å². The molecule has 1 amide bonds. The van der Waals surface area contributed by atoms with Crippen molar-refractivity contribution in [3.05, 3.63) is 87.4 Å². The summed E-state index contributed by atoms with van der Waals surface area (Å²) in [6.45, 7) is 1.37. The van der Waals surface area contributed by atoms with Crippen molar-refractivity contribution in [2.24, 2.45) is 5.10 Å². The zero-order chi connectivity index (χ0) is 22.3. The molecule has 6 nitrogen and oxygen atoms in total. The van der Waals surface area contributed by atoms with Gasteiger partial charge in [0.05, 0.1) is 12.6 Å². The molecule has 164 valence electrons. The van der Waals surface area contributed by atoms with E-state index in [1.165, 1.54) is 0 Å². The summed E-state index contributed by atoms with van der Waals surface area (Å²) in [5.74, 6) is 1.82. The summed E-state index contributed by atoms with van der Waals surface area (Å²) in [6.07, 6.45) is 1.76. The molecule has 0 atom stereocenters. The molecule has 0 spiro atoms. The lowest BCUT2D eigenvalue weighted by molar-refractivity contribution is -0.120. The van der Waals surface area contributed by atoms with E-state index >= 15 is 0 Å². The second kappa shape index (κ2) is 10.4. The molecule has 8 heteroatoms. The zero-order valence-electron chi connectivity index (χ0n) is 17.0. The Balaban J connectivity index is 1.26. The molecule has 1 aliphatic rings. The van der Waals surface area contributed by atoms with Gasteiger partial charge in [0.25, 0.3) is 0 Å². The Morgan fingerprint density at radius 1 is 1.00 bits per heavy atom. The van der Waals surface area contributed by atoms with E-state index in [0.717, 1.165) is 16.7 Å². The predicted octanol–water partition coefficient (Wildman–Crippen LogP) is 5.04. The van der Waals surface area contributed by atoms with Crippen LogP contribution in [0.2, 0.25) is 10.0 Å². The predicted molar refractivity (Wildman–Crippen MR) is 124 cm³/mol. The van der Waals surface area contributed by atoms with Crippen molar-refractivity contribution < 1.29 is 19.0 Å². The van der Waals surface area contributed by atoms with Crippen LogP contribution in [-0.4, -0.2) is 25.3 Å². The smallest absolute Gasteiger partial charge is 0.244 e. The minimum absolute atomic E-state index is 0.189. The van der Waals surface area contributed by atoms with Gasteiger partial charge in [-0.05, 0) is 59.7 Å². The average molecular weight is 471 g/mol. The summed E-state index contributed by atoms with van der Waals surface area (Å²) in [5, 5.41) is 5.16. The van der Waals surface area contributed by atoms with Gasteiger partial charge in [-0.1, -0.05) is 35.3 Å². The van der Waals surface area contributed by atoms with Crippen molar-refractivity contribution >= 4 is 35.3 Å². The number of fused-ring (bicyclic) bond motifs is 1. The average Bonchev–Trinajstić information content (AvgIpc) is 2.79. The maximum absolute atomic E-state index is 12.2. The molecule has 3 aromatic carbocycles. The van der Waals surface area contributed by atoms with Gasteiger partial charge in [-0.3, -0.25) is 4.79 Å². The highest BCUT2D eigenvalue weighted by Gasteiger charge is 2.13. The van der Waals surface area contributed by atoms with Crippen LogP contribution >= 0.6 is 23.2 Å². The first-order valence-electron chi connectivity index (χ1n) is 9.94. The minimum Gasteiger partial charge on any atom is -0.489 e. The van der Waals surface area contributed by atoms with E-state index in [1.54, 1.807) is 18.3 Å². The van der Waals surface area contributed by atoms with E-state index in [-0.39, 0.29) is 12.3 Å². The highest BCUT2D eigenvalue weighted by Crippen LogP contribution is 2.30. The third kappa shape index (κ3) is 5.93. The van der Waals surface area contributed by atoms with Crippen molar-refractivity contribution in [1.29, 1.82) is 0 Å². The molecule has 1 heterocycles. The molecule has 0 saturated heterocycles. The highest BCUT2D eigenvalue weighted by molar-refractivity contribution is 6.35. The fourth-order valence-electron chi connectivity index (χ4n) is 3.05. The molecular weight excluding hydrogens is 451 g/mol. The van der Waals surface area contributed by atoms with Gasteiger partial charge in [0.15, 0.2) is 11.5 Å².